The van der Waals surface area contributed by atoms with Crippen molar-refractivity contribution in [2.75, 3.05) is 20.8 Å². The standard InChI is InChI=1S/C17H28N2O3/c1-12(2)17(3,11-18)19-16(20)9-6-13-10-14(21-4)7-8-15(13)22-5/h7-8,10,12H,6,9,11,18H2,1-5H3,(H,19,20). The maximum atomic E-state index is 12.2. The molecule has 3 N–H and O–H groups in total. The van der Waals surface area contributed by atoms with Crippen molar-refractivity contribution in [1.29, 1.82) is 0 Å². The van der Waals surface area contributed by atoms with Crippen molar-refractivity contribution in [3.63, 3.8) is 0 Å². The van der Waals surface area contributed by atoms with E-state index in [1.54, 1.807) is 14.2 Å². The van der Waals surface area contributed by atoms with E-state index in [-0.39, 0.29) is 17.4 Å². The van der Waals surface area contributed by atoms with Gasteiger partial charge in [-0.15, -0.1) is 0 Å². The zero-order chi connectivity index (χ0) is 16.8. The van der Waals surface area contributed by atoms with Crippen LogP contribution in [0.3, 0.4) is 0 Å². The van der Waals surface area contributed by atoms with Crippen LogP contribution in [0.2, 0.25) is 0 Å². The lowest BCUT2D eigenvalue weighted by atomic mass is 9.88. The monoisotopic (exact) mass is 308 g/mol. The van der Waals surface area contributed by atoms with Crippen LogP contribution < -0.4 is 20.5 Å². The summed E-state index contributed by atoms with van der Waals surface area (Å²) in [6.07, 6.45) is 0.969. The molecule has 0 aliphatic carbocycles. The van der Waals surface area contributed by atoms with Crippen LogP contribution in [-0.4, -0.2) is 32.2 Å². The first-order valence-electron chi connectivity index (χ1n) is 7.58. The van der Waals surface area contributed by atoms with Crippen molar-refractivity contribution < 1.29 is 14.3 Å². The predicted octanol–water partition coefficient (Wildman–Crippen LogP) is 2.13. The molecule has 5 nitrogen and oxygen atoms in total. The van der Waals surface area contributed by atoms with Crippen LogP contribution in [0.5, 0.6) is 11.5 Å². The molecule has 0 fully saturated rings. The quantitative estimate of drug-likeness (QED) is 0.771. The molecular formula is C17H28N2O3. The van der Waals surface area contributed by atoms with Gasteiger partial charge in [0.1, 0.15) is 11.5 Å². The van der Waals surface area contributed by atoms with Gasteiger partial charge in [-0.3, -0.25) is 4.79 Å². The molecule has 0 aliphatic rings. The van der Waals surface area contributed by atoms with E-state index < -0.39 is 0 Å². The fourth-order valence-electron chi connectivity index (χ4n) is 2.14. The molecule has 0 saturated heterocycles. The van der Waals surface area contributed by atoms with Crippen molar-refractivity contribution in [2.24, 2.45) is 11.7 Å². The number of benzene rings is 1. The van der Waals surface area contributed by atoms with Crippen LogP contribution >= 0.6 is 0 Å². The molecule has 1 amide bonds. The van der Waals surface area contributed by atoms with Gasteiger partial charge >= 0.3 is 0 Å². The normalized spacial score (nSPS) is 13.6. The molecule has 1 unspecified atom stereocenters. The molecule has 1 atom stereocenters. The summed E-state index contributed by atoms with van der Waals surface area (Å²) in [7, 11) is 3.24. The van der Waals surface area contributed by atoms with Gasteiger partial charge in [0.25, 0.3) is 0 Å². The van der Waals surface area contributed by atoms with E-state index in [1.807, 2.05) is 25.1 Å². The van der Waals surface area contributed by atoms with Crippen LogP contribution in [0.1, 0.15) is 32.8 Å². The molecule has 0 aromatic heterocycles. The van der Waals surface area contributed by atoms with E-state index in [0.717, 1.165) is 17.1 Å². The van der Waals surface area contributed by atoms with Gasteiger partial charge in [-0.1, -0.05) is 13.8 Å². The summed E-state index contributed by atoms with van der Waals surface area (Å²) in [6, 6.07) is 5.59. The Balaban J connectivity index is 2.71. The van der Waals surface area contributed by atoms with Crippen LogP contribution in [0.25, 0.3) is 0 Å². The molecule has 124 valence electrons. The van der Waals surface area contributed by atoms with Gasteiger partial charge in [0.15, 0.2) is 0 Å². The molecule has 1 aromatic rings. The number of rotatable bonds is 8. The Morgan fingerprint density at radius 3 is 2.50 bits per heavy atom. The van der Waals surface area contributed by atoms with E-state index in [9.17, 15) is 4.79 Å². The lowest BCUT2D eigenvalue weighted by Gasteiger charge is -2.33. The molecule has 5 heteroatoms. The Kier molecular flexibility index (Phi) is 6.68. The van der Waals surface area contributed by atoms with Gasteiger partial charge in [-0.25, -0.2) is 0 Å². The van der Waals surface area contributed by atoms with Gasteiger partial charge in [-0.05, 0) is 43.0 Å². The highest BCUT2D eigenvalue weighted by Crippen LogP contribution is 2.25. The summed E-state index contributed by atoms with van der Waals surface area (Å²) < 4.78 is 10.5. The minimum Gasteiger partial charge on any atom is -0.497 e. The smallest absolute Gasteiger partial charge is 0.220 e. The average Bonchev–Trinajstić information content (AvgIpc) is 2.52. The van der Waals surface area contributed by atoms with Crippen molar-refractivity contribution in [1.82, 2.24) is 5.32 Å². The number of ether oxygens (including phenoxy) is 2. The SMILES string of the molecule is COc1ccc(OC)c(CCC(=O)NC(C)(CN)C(C)C)c1. The van der Waals surface area contributed by atoms with E-state index in [2.05, 4.69) is 19.2 Å². The number of amides is 1. The zero-order valence-electron chi connectivity index (χ0n) is 14.2. The Morgan fingerprint density at radius 2 is 2.00 bits per heavy atom. The van der Waals surface area contributed by atoms with E-state index >= 15 is 0 Å². The molecule has 0 aliphatic heterocycles. The third-order valence-corrected chi connectivity index (χ3v) is 4.23. The Morgan fingerprint density at radius 1 is 1.32 bits per heavy atom. The number of carbonyl (C=O) groups is 1. The number of methoxy groups -OCH3 is 2. The molecule has 1 rings (SSSR count). The minimum absolute atomic E-state index is 0.00785. The first-order valence-corrected chi connectivity index (χ1v) is 7.58. The number of hydrogen-bond acceptors (Lipinski definition) is 4. The topological polar surface area (TPSA) is 73.6 Å². The fraction of sp³-hybridized carbons (Fsp3) is 0.588. The Bertz CT molecular complexity index is 503. The van der Waals surface area contributed by atoms with Crippen LogP contribution in [0.4, 0.5) is 0 Å². The molecule has 22 heavy (non-hydrogen) atoms. The number of aryl methyl sites for hydroxylation is 1. The van der Waals surface area contributed by atoms with Crippen molar-refractivity contribution in [3.05, 3.63) is 23.8 Å². The third kappa shape index (κ3) is 4.63. The largest absolute Gasteiger partial charge is 0.497 e. The Hall–Kier alpha value is -1.75. The van der Waals surface area contributed by atoms with Crippen molar-refractivity contribution >= 4 is 5.91 Å². The molecular weight excluding hydrogens is 280 g/mol. The van der Waals surface area contributed by atoms with E-state index in [1.165, 1.54) is 0 Å². The summed E-state index contributed by atoms with van der Waals surface area (Å²) in [5, 5.41) is 3.04. The molecule has 0 saturated carbocycles. The van der Waals surface area contributed by atoms with E-state index in [4.69, 9.17) is 15.2 Å². The lowest BCUT2D eigenvalue weighted by Crippen LogP contribution is -2.55. The second kappa shape index (κ2) is 8.03. The molecule has 0 radical (unpaired) electrons. The second-order valence-electron chi connectivity index (χ2n) is 6.00. The third-order valence-electron chi connectivity index (χ3n) is 4.23. The second-order valence-corrected chi connectivity index (χ2v) is 6.00. The average molecular weight is 308 g/mol. The summed E-state index contributed by atoms with van der Waals surface area (Å²) in [6.45, 7) is 6.50. The summed E-state index contributed by atoms with van der Waals surface area (Å²) in [4.78, 5) is 12.2. The van der Waals surface area contributed by atoms with Gasteiger partial charge < -0.3 is 20.5 Å². The summed E-state index contributed by atoms with van der Waals surface area (Å²) in [5.74, 6) is 1.78. The van der Waals surface area contributed by atoms with Gasteiger partial charge in [0.05, 0.1) is 19.8 Å². The number of carbonyl (C=O) groups excluding carboxylic acids is 1. The van der Waals surface area contributed by atoms with Gasteiger partial charge in [-0.2, -0.15) is 0 Å². The first-order chi connectivity index (χ1) is 10.4. The lowest BCUT2D eigenvalue weighted by molar-refractivity contribution is -0.123. The van der Waals surface area contributed by atoms with Crippen LogP contribution in [-0.2, 0) is 11.2 Å². The van der Waals surface area contributed by atoms with Crippen LogP contribution in [0.15, 0.2) is 18.2 Å². The zero-order valence-corrected chi connectivity index (χ0v) is 14.2. The number of nitrogens with two attached hydrogens (primary N) is 1. The highest BCUT2D eigenvalue weighted by Gasteiger charge is 2.28. The van der Waals surface area contributed by atoms with Gasteiger partial charge in [0, 0.05) is 13.0 Å². The Labute approximate surface area is 133 Å². The first kappa shape index (κ1) is 18.3. The van der Waals surface area contributed by atoms with E-state index in [0.29, 0.717) is 19.4 Å². The number of nitrogens with one attached hydrogen (secondary N) is 1. The van der Waals surface area contributed by atoms with Crippen molar-refractivity contribution in [2.45, 2.75) is 39.2 Å². The fourth-order valence-corrected chi connectivity index (χ4v) is 2.14. The minimum atomic E-state index is -0.379. The summed E-state index contributed by atoms with van der Waals surface area (Å²) in [5.41, 5.74) is 6.37. The summed E-state index contributed by atoms with van der Waals surface area (Å²) >= 11 is 0. The van der Waals surface area contributed by atoms with Gasteiger partial charge in [0.2, 0.25) is 5.91 Å². The molecule has 1 aromatic carbocycles. The predicted molar refractivity (Wildman–Crippen MR) is 88.3 cm³/mol. The van der Waals surface area contributed by atoms with Crippen molar-refractivity contribution in [3.8, 4) is 11.5 Å². The maximum absolute atomic E-state index is 12.2. The molecule has 0 bridgehead atoms. The van der Waals surface area contributed by atoms with Crippen LogP contribution in [0, 0.1) is 5.92 Å². The highest BCUT2D eigenvalue weighted by atomic mass is 16.5. The highest BCUT2D eigenvalue weighted by molar-refractivity contribution is 5.77. The molecule has 0 spiro atoms. The molecule has 0 heterocycles. The number of hydrogen-bond donors (Lipinski definition) is 2. The maximum Gasteiger partial charge on any atom is 0.220 e.